The first-order valence-corrected chi connectivity index (χ1v) is 35.5. The van der Waals surface area contributed by atoms with Crippen molar-refractivity contribution in [2.75, 3.05) is 13.2 Å². The fourth-order valence-electron chi connectivity index (χ4n) is 11.4. The van der Waals surface area contributed by atoms with Crippen LogP contribution in [0.3, 0.4) is 0 Å². The van der Waals surface area contributed by atoms with Crippen molar-refractivity contribution in [3.8, 4) is 0 Å². The predicted molar refractivity (Wildman–Crippen MR) is 338 cm³/mol. The number of aliphatic hydroxyl groups excluding tert-OH is 2. The van der Waals surface area contributed by atoms with E-state index in [1.807, 2.05) is 6.08 Å². The summed E-state index contributed by atoms with van der Waals surface area (Å²) in [5.41, 5.74) is 0. The number of rotatable bonds is 67. The molecule has 6 heteroatoms. The zero-order valence-electron chi connectivity index (χ0n) is 52.5. The molecule has 0 aliphatic rings. The molecule has 3 N–H and O–H groups in total. The lowest BCUT2D eigenvalue weighted by Crippen LogP contribution is -2.45. The molecule has 0 saturated carbocycles. The highest BCUT2D eigenvalue weighted by molar-refractivity contribution is 5.76. The van der Waals surface area contributed by atoms with Gasteiger partial charge in [0.05, 0.1) is 25.4 Å². The zero-order chi connectivity index (χ0) is 55.7. The number of allylic oxidation sites excluding steroid dienone is 1. The van der Waals surface area contributed by atoms with Crippen LogP contribution in [0.1, 0.15) is 406 Å². The van der Waals surface area contributed by atoms with Crippen molar-refractivity contribution in [1.29, 1.82) is 0 Å². The molecule has 0 aliphatic carbocycles. The third-order valence-corrected chi connectivity index (χ3v) is 16.8. The Kier molecular flexibility index (Phi) is 65.9. The Hall–Kier alpha value is -1.40. The van der Waals surface area contributed by atoms with Crippen LogP contribution in [-0.4, -0.2) is 47.4 Å². The first kappa shape index (κ1) is 75.6. The van der Waals surface area contributed by atoms with Gasteiger partial charge < -0.3 is 20.3 Å². The van der Waals surface area contributed by atoms with Crippen molar-refractivity contribution in [2.24, 2.45) is 0 Å². The number of esters is 1. The standard InChI is InChI=1S/C71H139NO5/c1-3-5-7-9-11-13-15-17-18-33-37-41-45-49-53-57-61-65-71(76)77-66-62-58-54-50-46-42-38-35-32-30-28-26-24-22-20-19-21-23-25-27-29-31-34-36-40-44-48-52-56-60-64-70(75)72-68(67-73)69(74)63-59-55-51-47-43-39-16-14-12-10-8-6-4-2/h59,63,68-69,73-74H,3-58,60-62,64-67H2,1-2H3,(H,72,75)/b63-59+. The number of amides is 1. The molecular formula is C71H139NO5. The lowest BCUT2D eigenvalue weighted by atomic mass is 10.0. The van der Waals surface area contributed by atoms with Crippen molar-refractivity contribution in [1.82, 2.24) is 5.32 Å². The van der Waals surface area contributed by atoms with Gasteiger partial charge >= 0.3 is 5.97 Å². The van der Waals surface area contributed by atoms with E-state index in [1.165, 1.54) is 340 Å². The molecule has 0 saturated heterocycles. The zero-order valence-corrected chi connectivity index (χ0v) is 52.5. The maximum absolute atomic E-state index is 12.5. The van der Waals surface area contributed by atoms with Gasteiger partial charge in [0.1, 0.15) is 0 Å². The number of carbonyl (C=O) groups excluding carboxylic acids is 2. The molecule has 0 aliphatic heterocycles. The smallest absolute Gasteiger partial charge is 0.305 e. The third kappa shape index (κ3) is 63.6. The number of ether oxygens (including phenoxy) is 1. The Morgan fingerprint density at radius 1 is 0.351 bits per heavy atom. The third-order valence-electron chi connectivity index (χ3n) is 16.8. The van der Waals surface area contributed by atoms with E-state index in [0.29, 0.717) is 19.4 Å². The minimum absolute atomic E-state index is 0.0246. The maximum Gasteiger partial charge on any atom is 0.305 e. The first-order valence-electron chi connectivity index (χ1n) is 35.5. The lowest BCUT2D eigenvalue weighted by Gasteiger charge is -2.20. The molecule has 1 amide bonds. The molecule has 2 unspecified atom stereocenters. The van der Waals surface area contributed by atoms with Crippen LogP contribution in [0.25, 0.3) is 0 Å². The molecule has 0 spiro atoms. The molecule has 0 rings (SSSR count). The van der Waals surface area contributed by atoms with Crippen LogP contribution in [0.5, 0.6) is 0 Å². The van der Waals surface area contributed by atoms with Crippen LogP contribution in [0.4, 0.5) is 0 Å². The van der Waals surface area contributed by atoms with E-state index < -0.39 is 12.1 Å². The van der Waals surface area contributed by atoms with Gasteiger partial charge in [-0.2, -0.15) is 0 Å². The highest BCUT2D eigenvalue weighted by Crippen LogP contribution is 2.19. The van der Waals surface area contributed by atoms with Gasteiger partial charge in [0.2, 0.25) is 5.91 Å². The van der Waals surface area contributed by atoms with Gasteiger partial charge in [0.15, 0.2) is 0 Å². The fourth-order valence-corrected chi connectivity index (χ4v) is 11.4. The Morgan fingerprint density at radius 3 is 0.883 bits per heavy atom. The van der Waals surface area contributed by atoms with Gasteiger partial charge in [0, 0.05) is 12.8 Å². The maximum atomic E-state index is 12.5. The number of nitrogens with one attached hydrogen (secondary N) is 1. The van der Waals surface area contributed by atoms with Crippen LogP contribution in [-0.2, 0) is 14.3 Å². The van der Waals surface area contributed by atoms with Gasteiger partial charge in [0.25, 0.3) is 0 Å². The van der Waals surface area contributed by atoms with Crippen LogP contribution in [0, 0.1) is 0 Å². The van der Waals surface area contributed by atoms with E-state index in [2.05, 4.69) is 19.2 Å². The summed E-state index contributed by atoms with van der Waals surface area (Å²) in [7, 11) is 0. The van der Waals surface area contributed by atoms with Gasteiger partial charge in [-0.05, 0) is 32.1 Å². The van der Waals surface area contributed by atoms with Gasteiger partial charge in [-0.15, -0.1) is 0 Å². The summed E-state index contributed by atoms with van der Waals surface area (Å²) in [5, 5.41) is 23.1. The Labute approximate surface area is 482 Å². The average molecular weight is 1090 g/mol. The first-order chi connectivity index (χ1) is 38.0. The number of unbranched alkanes of at least 4 members (excludes halogenated alkanes) is 56. The minimum Gasteiger partial charge on any atom is -0.466 e. The molecular weight excluding hydrogens is 947 g/mol. The van der Waals surface area contributed by atoms with Crippen LogP contribution >= 0.6 is 0 Å². The summed E-state index contributed by atoms with van der Waals surface area (Å²) < 4.78 is 5.51. The quantitative estimate of drug-likeness (QED) is 0.0320. The van der Waals surface area contributed by atoms with E-state index >= 15 is 0 Å². The Balaban J connectivity index is 3.31. The number of hydrogen-bond acceptors (Lipinski definition) is 5. The molecule has 0 heterocycles. The molecule has 0 radical (unpaired) electrons. The number of carbonyl (C=O) groups is 2. The molecule has 0 aromatic carbocycles. The summed E-state index contributed by atoms with van der Waals surface area (Å²) >= 11 is 0. The highest BCUT2D eigenvalue weighted by atomic mass is 16.5. The van der Waals surface area contributed by atoms with E-state index in [4.69, 9.17) is 4.74 Å². The molecule has 77 heavy (non-hydrogen) atoms. The van der Waals surface area contributed by atoms with E-state index in [1.54, 1.807) is 6.08 Å². The molecule has 0 fully saturated rings. The number of hydrogen-bond donors (Lipinski definition) is 3. The van der Waals surface area contributed by atoms with Crippen molar-refractivity contribution in [3.05, 3.63) is 12.2 Å². The molecule has 458 valence electrons. The SMILES string of the molecule is CCCCCCCCCCCCC/C=C/C(O)C(CO)NC(=O)CCCCCCCCCCCCCCCCCCCCCCCCCCCCCCCCOC(=O)CCCCCCCCCCCCCCCCCCC. The largest absolute Gasteiger partial charge is 0.466 e. The van der Waals surface area contributed by atoms with Crippen LogP contribution in [0.2, 0.25) is 0 Å². The van der Waals surface area contributed by atoms with Crippen LogP contribution < -0.4 is 5.32 Å². The summed E-state index contributed by atoms with van der Waals surface area (Å²) in [6, 6.07) is -0.623. The highest BCUT2D eigenvalue weighted by Gasteiger charge is 2.18. The van der Waals surface area contributed by atoms with Crippen molar-refractivity contribution >= 4 is 11.9 Å². The van der Waals surface area contributed by atoms with Crippen molar-refractivity contribution < 1.29 is 24.5 Å². The molecule has 0 aromatic rings. The average Bonchev–Trinajstić information content (AvgIpc) is 3.43. The van der Waals surface area contributed by atoms with Crippen molar-refractivity contribution in [2.45, 2.75) is 418 Å². The molecule has 0 aromatic heterocycles. The lowest BCUT2D eigenvalue weighted by molar-refractivity contribution is -0.143. The van der Waals surface area contributed by atoms with E-state index in [9.17, 15) is 19.8 Å². The van der Waals surface area contributed by atoms with Crippen LogP contribution in [0.15, 0.2) is 12.2 Å². The van der Waals surface area contributed by atoms with Gasteiger partial charge in [-0.1, -0.05) is 373 Å². The summed E-state index contributed by atoms with van der Waals surface area (Å²) in [4.78, 5) is 24.6. The summed E-state index contributed by atoms with van der Waals surface area (Å²) in [5.74, 6) is -0.0374. The second kappa shape index (κ2) is 67.1. The predicted octanol–water partition coefficient (Wildman–Crippen LogP) is 22.8. The van der Waals surface area contributed by atoms with E-state index in [0.717, 1.165) is 38.5 Å². The monoisotopic (exact) mass is 1090 g/mol. The van der Waals surface area contributed by atoms with Crippen molar-refractivity contribution in [3.63, 3.8) is 0 Å². The molecule has 0 bridgehead atoms. The number of aliphatic hydroxyl groups is 2. The molecule has 6 nitrogen and oxygen atoms in total. The Bertz CT molecular complexity index is 1160. The fraction of sp³-hybridized carbons (Fsp3) is 0.944. The Morgan fingerprint density at radius 2 is 0.597 bits per heavy atom. The summed E-state index contributed by atoms with van der Waals surface area (Å²) in [6.07, 6.45) is 83.0. The van der Waals surface area contributed by atoms with Gasteiger partial charge in [-0.3, -0.25) is 9.59 Å². The topological polar surface area (TPSA) is 95.9 Å². The second-order valence-corrected chi connectivity index (χ2v) is 24.6. The minimum atomic E-state index is -0.840. The second-order valence-electron chi connectivity index (χ2n) is 24.6. The summed E-state index contributed by atoms with van der Waals surface area (Å²) in [6.45, 7) is 4.94. The molecule has 2 atom stereocenters. The van der Waals surface area contributed by atoms with E-state index in [-0.39, 0.29) is 18.5 Å². The van der Waals surface area contributed by atoms with Gasteiger partial charge in [-0.25, -0.2) is 0 Å². The normalized spacial score (nSPS) is 12.5.